The summed E-state index contributed by atoms with van der Waals surface area (Å²) in [5.74, 6) is 0.684. The van der Waals surface area contributed by atoms with Crippen LogP contribution in [0.15, 0.2) is 255 Å². The van der Waals surface area contributed by atoms with E-state index in [4.69, 9.17) is 9.97 Å². The molecule has 5 nitrogen and oxygen atoms in total. The molecular weight excluding hydrogens is 911 g/mol. The lowest BCUT2D eigenvalue weighted by Gasteiger charge is -2.21. The molecular formula is C70H47N5. The van der Waals surface area contributed by atoms with Gasteiger partial charge >= 0.3 is 0 Å². The van der Waals surface area contributed by atoms with Gasteiger partial charge < -0.3 is 13.7 Å². The van der Waals surface area contributed by atoms with Crippen LogP contribution in [0.3, 0.4) is 0 Å². The van der Waals surface area contributed by atoms with Crippen LogP contribution < -0.4 is 0 Å². The summed E-state index contributed by atoms with van der Waals surface area (Å²) in [7, 11) is 0. The fourth-order valence-electron chi connectivity index (χ4n) is 12.0. The van der Waals surface area contributed by atoms with Crippen LogP contribution in [-0.4, -0.2) is 23.7 Å². The molecule has 4 aromatic heterocycles. The normalized spacial score (nSPS) is 12.4. The highest BCUT2D eigenvalue weighted by molar-refractivity contribution is 6.14. The Hall–Kier alpha value is -9.84. The Balaban J connectivity index is 1.05. The van der Waals surface area contributed by atoms with E-state index < -0.39 is 0 Å². The molecule has 0 radical (unpaired) electrons. The summed E-state index contributed by atoms with van der Waals surface area (Å²) in [5, 5.41) is 6.13. The molecule has 0 saturated heterocycles. The van der Waals surface area contributed by atoms with Gasteiger partial charge in [0, 0.05) is 77.4 Å². The minimum atomic E-state index is 0.684. The van der Waals surface area contributed by atoms with Gasteiger partial charge in [-0.15, -0.1) is 0 Å². The average molecular weight is 958 g/mol. The van der Waals surface area contributed by atoms with Gasteiger partial charge in [-0.1, -0.05) is 188 Å². The first-order chi connectivity index (χ1) is 37.2. The SMILES string of the molecule is C1=Cc2c(n(-c3ccc4c(c3)c3cc(-n5c6ccccc6c6ccccc65)ccc3n4-c3c(-c4ccccc4)cc(-c4cc(-c5ccccc5)nc(-c5ccccc5)n4)cc3-c3ccccc3)c3ccccc23)CC1. The van der Waals surface area contributed by atoms with Gasteiger partial charge in [0.15, 0.2) is 5.82 Å². The molecule has 1 aliphatic rings. The number of aromatic nitrogens is 5. The van der Waals surface area contributed by atoms with Crippen molar-refractivity contribution in [2.45, 2.75) is 12.8 Å². The highest BCUT2D eigenvalue weighted by Gasteiger charge is 2.25. The van der Waals surface area contributed by atoms with Crippen LogP contribution in [-0.2, 0) is 6.42 Å². The largest absolute Gasteiger partial charge is 0.313 e. The summed E-state index contributed by atoms with van der Waals surface area (Å²) in [5.41, 5.74) is 21.0. The Morgan fingerprint density at radius 2 is 0.760 bits per heavy atom. The monoisotopic (exact) mass is 957 g/mol. The molecule has 1 aliphatic carbocycles. The molecule has 0 spiro atoms. The summed E-state index contributed by atoms with van der Waals surface area (Å²) in [6, 6.07) is 90.1. The lowest BCUT2D eigenvalue weighted by Crippen LogP contribution is -2.04. The van der Waals surface area contributed by atoms with Gasteiger partial charge in [-0.2, -0.15) is 0 Å². The predicted octanol–water partition coefficient (Wildman–Crippen LogP) is 17.9. The van der Waals surface area contributed by atoms with Crippen LogP contribution >= 0.6 is 0 Å². The molecule has 0 unspecified atom stereocenters. The van der Waals surface area contributed by atoms with Crippen LogP contribution in [0.25, 0.3) is 134 Å². The van der Waals surface area contributed by atoms with Crippen molar-refractivity contribution in [3.05, 3.63) is 266 Å². The Labute approximate surface area is 434 Å². The summed E-state index contributed by atoms with van der Waals surface area (Å²) >= 11 is 0. The number of para-hydroxylation sites is 3. The molecule has 0 bridgehead atoms. The first-order valence-electron chi connectivity index (χ1n) is 25.9. The Kier molecular flexibility index (Phi) is 9.95. The van der Waals surface area contributed by atoms with E-state index in [9.17, 15) is 0 Å². The molecule has 0 atom stereocenters. The third-order valence-corrected chi connectivity index (χ3v) is 15.3. The van der Waals surface area contributed by atoms with Crippen LogP contribution in [0.2, 0.25) is 0 Å². The van der Waals surface area contributed by atoms with Crippen LogP contribution in [0.4, 0.5) is 0 Å². The Morgan fingerprint density at radius 3 is 1.32 bits per heavy atom. The van der Waals surface area contributed by atoms with Crippen molar-refractivity contribution in [1.82, 2.24) is 23.7 Å². The highest BCUT2D eigenvalue weighted by Crippen LogP contribution is 2.46. The number of nitrogens with zero attached hydrogens (tertiary/aromatic N) is 5. The Bertz CT molecular complexity index is 4390. The lowest BCUT2D eigenvalue weighted by atomic mass is 9.91. The highest BCUT2D eigenvalue weighted by atomic mass is 15.0. The second-order valence-electron chi connectivity index (χ2n) is 19.6. The zero-order valence-electron chi connectivity index (χ0n) is 41.0. The van der Waals surface area contributed by atoms with Crippen LogP contribution in [0, 0.1) is 0 Å². The van der Waals surface area contributed by atoms with Crippen molar-refractivity contribution in [2.24, 2.45) is 0 Å². The topological polar surface area (TPSA) is 40.6 Å². The molecule has 14 aromatic rings. The molecule has 0 aliphatic heterocycles. The van der Waals surface area contributed by atoms with E-state index in [1.54, 1.807) is 0 Å². The van der Waals surface area contributed by atoms with Crippen molar-refractivity contribution >= 4 is 60.6 Å². The molecule has 75 heavy (non-hydrogen) atoms. The van der Waals surface area contributed by atoms with Gasteiger partial charge in [-0.3, -0.25) is 0 Å². The smallest absolute Gasteiger partial charge is 0.160 e. The lowest BCUT2D eigenvalue weighted by molar-refractivity contribution is 0.889. The number of benzene rings is 10. The maximum Gasteiger partial charge on any atom is 0.160 e. The first-order valence-corrected chi connectivity index (χ1v) is 25.9. The average Bonchev–Trinajstić information content (AvgIpc) is 4.19. The second kappa shape index (κ2) is 17.4. The third-order valence-electron chi connectivity index (χ3n) is 15.3. The number of fused-ring (bicyclic) bond motifs is 9. The van der Waals surface area contributed by atoms with E-state index in [2.05, 4.69) is 269 Å². The van der Waals surface area contributed by atoms with Gasteiger partial charge in [0.1, 0.15) is 0 Å². The molecule has 10 aromatic carbocycles. The van der Waals surface area contributed by atoms with E-state index in [0.717, 1.165) is 91.3 Å². The van der Waals surface area contributed by atoms with E-state index in [1.165, 1.54) is 54.7 Å². The summed E-state index contributed by atoms with van der Waals surface area (Å²) in [6.45, 7) is 0. The van der Waals surface area contributed by atoms with Crippen molar-refractivity contribution in [3.8, 4) is 73.2 Å². The summed E-state index contributed by atoms with van der Waals surface area (Å²) < 4.78 is 7.49. The van der Waals surface area contributed by atoms with Crippen molar-refractivity contribution in [1.29, 1.82) is 0 Å². The molecule has 0 fully saturated rings. The van der Waals surface area contributed by atoms with Crippen LogP contribution in [0.5, 0.6) is 0 Å². The maximum atomic E-state index is 5.40. The number of hydrogen-bond acceptors (Lipinski definition) is 2. The number of allylic oxidation sites excluding steroid dienone is 1. The van der Waals surface area contributed by atoms with Crippen LogP contribution in [0.1, 0.15) is 17.7 Å². The van der Waals surface area contributed by atoms with Crippen molar-refractivity contribution < 1.29 is 0 Å². The number of hydrogen-bond donors (Lipinski definition) is 0. The maximum absolute atomic E-state index is 5.40. The van der Waals surface area contributed by atoms with E-state index in [0.29, 0.717) is 5.82 Å². The minimum absolute atomic E-state index is 0.684. The zero-order valence-corrected chi connectivity index (χ0v) is 41.0. The quantitative estimate of drug-likeness (QED) is 0.152. The van der Waals surface area contributed by atoms with E-state index in [-0.39, 0.29) is 0 Å². The molecule has 5 heteroatoms. The van der Waals surface area contributed by atoms with Gasteiger partial charge in [0.05, 0.1) is 44.7 Å². The van der Waals surface area contributed by atoms with Crippen molar-refractivity contribution in [3.63, 3.8) is 0 Å². The van der Waals surface area contributed by atoms with E-state index in [1.807, 2.05) is 6.07 Å². The third kappa shape index (κ3) is 7.00. The van der Waals surface area contributed by atoms with E-state index >= 15 is 0 Å². The van der Waals surface area contributed by atoms with Gasteiger partial charge in [0.2, 0.25) is 0 Å². The standard InChI is InChI=1S/C70H47N5/c1-5-21-46(22-6-1)57-41-50(62-45-61(48-25-9-3-10-26-48)71-70(72-62)49-27-11-4-12-28-49)42-58(47-23-7-2-8-24-47)69(57)75-67-39-37-51(73-63-33-17-13-29-53(63)54-30-14-18-34-64(54)73)43-59(67)60-44-52(38-40-68(60)75)74-65-35-19-15-31-55(65)56-32-16-20-36-66(56)74/h1-19,21-35,37-45H,20,36H2. The predicted molar refractivity (Wildman–Crippen MR) is 312 cm³/mol. The molecule has 15 rings (SSSR count). The first kappa shape index (κ1) is 42.8. The zero-order chi connectivity index (χ0) is 49.4. The number of rotatable bonds is 8. The summed E-state index contributed by atoms with van der Waals surface area (Å²) in [4.78, 5) is 10.6. The fraction of sp³-hybridized carbons (Fsp3) is 0.0286. The minimum Gasteiger partial charge on any atom is -0.313 e. The molecule has 4 heterocycles. The van der Waals surface area contributed by atoms with Gasteiger partial charge in [-0.05, 0) is 96.8 Å². The Morgan fingerprint density at radius 1 is 0.320 bits per heavy atom. The van der Waals surface area contributed by atoms with Gasteiger partial charge in [0.25, 0.3) is 0 Å². The second-order valence-corrected chi connectivity index (χ2v) is 19.6. The molecule has 0 N–H and O–H groups in total. The fourth-order valence-corrected chi connectivity index (χ4v) is 12.0. The molecule has 352 valence electrons. The van der Waals surface area contributed by atoms with Gasteiger partial charge in [-0.25, -0.2) is 9.97 Å². The summed E-state index contributed by atoms with van der Waals surface area (Å²) in [6.07, 6.45) is 6.65. The molecule has 0 amide bonds. The molecule has 0 saturated carbocycles. The van der Waals surface area contributed by atoms with Crippen molar-refractivity contribution in [2.75, 3.05) is 0 Å².